The van der Waals surface area contributed by atoms with Crippen LogP contribution in [-0.2, 0) is 9.59 Å². The Morgan fingerprint density at radius 1 is 1.33 bits per heavy atom. The van der Waals surface area contributed by atoms with E-state index in [4.69, 9.17) is 5.73 Å². The Morgan fingerprint density at radius 3 is 2.42 bits per heavy atom. The van der Waals surface area contributed by atoms with Crippen molar-refractivity contribution in [3.8, 4) is 0 Å². The number of carbonyl (C=O) groups excluding carboxylic acids is 2. The van der Waals surface area contributed by atoms with Crippen molar-refractivity contribution in [2.75, 3.05) is 0 Å². The monoisotopic (exact) mass is 169 g/mol. The molecule has 0 aromatic rings. The van der Waals surface area contributed by atoms with Crippen LogP contribution < -0.4 is 5.73 Å². The van der Waals surface area contributed by atoms with Gasteiger partial charge in [0.15, 0.2) is 0 Å². The van der Waals surface area contributed by atoms with Crippen LogP contribution in [0.2, 0.25) is 0 Å². The quantitative estimate of drug-likeness (QED) is 0.681. The standard InChI is InChI=1S/C9H15NO2/c1-2-8(11)6-4-3-5-7(6)9(10)12/h6-7H,2-5H2,1H3,(H2,10,12). The summed E-state index contributed by atoms with van der Waals surface area (Å²) < 4.78 is 0. The van der Waals surface area contributed by atoms with Crippen LogP contribution in [0.15, 0.2) is 0 Å². The molecule has 2 unspecified atom stereocenters. The zero-order valence-electron chi connectivity index (χ0n) is 7.38. The minimum Gasteiger partial charge on any atom is -0.369 e. The lowest BCUT2D eigenvalue weighted by Gasteiger charge is -2.13. The lowest BCUT2D eigenvalue weighted by Crippen LogP contribution is -2.30. The molecule has 0 heterocycles. The van der Waals surface area contributed by atoms with E-state index in [-0.39, 0.29) is 23.5 Å². The van der Waals surface area contributed by atoms with Gasteiger partial charge >= 0.3 is 0 Å². The molecule has 0 aliphatic heterocycles. The molecule has 3 nitrogen and oxygen atoms in total. The highest BCUT2D eigenvalue weighted by Gasteiger charge is 2.35. The zero-order valence-corrected chi connectivity index (χ0v) is 7.38. The topological polar surface area (TPSA) is 60.2 Å². The maximum atomic E-state index is 11.3. The molecule has 1 aliphatic rings. The molecule has 0 aromatic heterocycles. The van der Waals surface area contributed by atoms with Gasteiger partial charge in [0.2, 0.25) is 5.91 Å². The molecule has 1 aliphatic carbocycles. The summed E-state index contributed by atoms with van der Waals surface area (Å²) in [5.74, 6) is -0.374. The summed E-state index contributed by atoms with van der Waals surface area (Å²) in [5.41, 5.74) is 5.19. The van der Waals surface area contributed by atoms with E-state index in [0.717, 1.165) is 19.3 Å². The van der Waals surface area contributed by atoms with E-state index in [2.05, 4.69) is 0 Å². The second-order valence-electron chi connectivity index (χ2n) is 3.37. The molecule has 2 N–H and O–H groups in total. The lowest BCUT2D eigenvalue weighted by molar-refractivity contribution is -0.130. The van der Waals surface area contributed by atoms with Crippen molar-refractivity contribution < 1.29 is 9.59 Å². The maximum Gasteiger partial charge on any atom is 0.221 e. The molecule has 12 heavy (non-hydrogen) atoms. The predicted octanol–water partition coefficient (Wildman–Crippen LogP) is 0.867. The average Bonchev–Trinajstić information content (AvgIpc) is 2.50. The summed E-state index contributed by atoms with van der Waals surface area (Å²) in [5, 5.41) is 0. The van der Waals surface area contributed by atoms with E-state index >= 15 is 0 Å². The third-order valence-corrected chi connectivity index (χ3v) is 2.64. The Morgan fingerprint density at radius 2 is 1.92 bits per heavy atom. The molecule has 1 rings (SSSR count). The molecule has 0 aromatic carbocycles. The average molecular weight is 169 g/mol. The van der Waals surface area contributed by atoms with Crippen molar-refractivity contribution in [3.05, 3.63) is 0 Å². The number of hydrogen-bond donors (Lipinski definition) is 1. The van der Waals surface area contributed by atoms with E-state index in [0.29, 0.717) is 6.42 Å². The maximum absolute atomic E-state index is 11.3. The molecular weight excluding hydrogens is 154 g/mol. The van der Waals surface area contributed by atoms with Gasteiger partial charge in [-0.1, -0.05) is 13.3 Å². The molecule has 1 amide bonds. The molecule has 1 fully saturated rings. The van der Waals surface area contributed by atoms with Crippen LogP contribution in [0.4, 0.5) is 0 Å². The first-order valence-electron chi connectivity index (χ1n) is 4.48. The molecule has 3 heteroatoms. The third kappa shape index (κ3) is 1.65. The van der Waals surface area contributed by atoms with Crippen molar-refractivity contribution in [1.29, 1.82) is 0 Å². The second-order valence-corrected chi connectivity index (χ2v) is 3.37. The number of hydrogen-bond acceptors (Lipinski definition) is 2. The highest BCUT2D eigenvalue weighted by atomic mass is 16.1. The minimum absolute atomic E-state index is 0.0764. The normalized spacial score (nSPS) is 28.8. The molecule has 0 radical (unpaired) electrons. The number of carbonyl (C=O) groups is 2. The first kappa shape index (κ1) is 9.23. The SMILES string of the molecule is CCC(=O)C1CCCC1C(N)=O. The lowest BCUT2D eigenvalue weighted by atomic mass is 9.90. The summed E-state index contributed by atoms with van der Waals surface area (Å²) in [7, 11) is 0. The van der Waals surface area contributed by atoms with Crippen molar-refractivity contribution in [1.82, 2.24) is 0 Å². The number of rotatable bonds is 3. The molecular formula is C9H15NO2. The van der Waals surface area contributed by atoms with Crippen molar-refractivity contribution >= 4 is 11.7 Å². The van der Waals surface area contributed by atoms with Crippen LogP contribution in [0, 0.1) is 11.8 Å². The Kier molecular flexibility index (Phi) is 2.84. The molecule has 0 saturated heterocycles. The fraction of sp³-hybridized carbons (Fsp3) is 0.778. The fourth-order valence-corrected chi connectivity index (χ4v) is 1.95. The Labute approximate surface area is 72.3 Å². The number of Topliss-reactive ketones (excluding diaryl/α,β-unsaturated/α-hetero) is 1. The highest BCUT2D eigenvalue weighted by molar-refractivity contribution is 5.88. The molecule has 0 bridgehead atoms. The van der Waals surface area contributed by atoms with E-state index < -0.39 is 0 Å². The van der Waals surface area contributed by atoms with Gasteiger partial charge in [0.1, 0.15) is 5.78 Å². The fourth-order valence-electron chi connectivity index (χ4n) is 1.95. The summed E-state index contributed by atoms with van der Waals surface area (Å²) in [4.78, 5) is 22.2. The van der Waals surface area contributed by atoms with Gasteiger partial charge in [-0.05, 0) is 12.8 Å². The number of primary amides is 1. The van der Waals surface area contributed by atoms with Crippen molar-refractivity contribution in [2.24, 2.45) is 17.6 Å². The Balaban J connectivity index is 2.63. The molecule has 1 saturated carbocycles. The van der Waals surface area contributed by atoms with Crippen molar-refractivity contribution in [3.63, 3.8) is 0 Å². The third-order valence-electron chi connectivity index (χ3n) is 2.64. The molecule has 0 spiro atoms. The smallest absolute Gasteiger partial charge is 0.221 e. The molecule has 68 valence electrons. The summed E-state index contributed by atoms with van der Waals surface area (Å²) in [6.07, 6.45) is 3.13. The van der Waals surface area contributed by atoms with Gasteiger partial charge in [-0.3, -0.25) is 9.59 Å². The minimum atomic E-state index is -0.306. The van der Waals surface area contributed by atoms with Crippen LogP contribution in [0.5, 0.6) is 0 Å². The number of amides is 1. The van der Waals surface area contributed by atoms with Gasteiger partial charge in [0.25, 0.3) is 0 Å². The highest BCUT2D eigenvalue weighted by Crippen LogP contribution is 2.32. The van der Waals surface area contributed by atoms with Gasteiger partial charge in [-0.15, -0.1) is 0 Å². The second kappa shape index (κ2) is 3.70. The van der Waals surface area contributed by atoms with Crippen LogP contribution in [0.25, 0.3) is 0 Å². The van der Waals surface area contributed by atoms with Crippen LogP contribution in [0.1, 0.15) is 32.6 Å². The largest absolute Gasteiger partial charge is 0.369 e. The summed E-state index contributed by atoms with van der Waals surface area (Å²) in [6.45, 7) is 1.83. The summed E-state index contributed by atoms with van der Waals surface area (Å²) >= 11 is 0. The van der Waals surface area contributed by atoms with E-state index in [1.807, 2.05) is 6.92 Å². The van der Waals surface area contributed by atoms with Gasteiger partial charge < -0.3 is 5.73 Å². The predicted molar refractivity (Wildman–Crippen MR) is 45.3 cm³/mol. The molecule has 2 atom stereocenters. The number of nitrogens with two attached hydrogens (primary N) is 1. The Bertz CT molecular complexity index is 201. The van der Waals surface area contributed by atoms with Gasteiger partial charge in [-0.25, -0.2) is 0 Å². The van der Waals surface area contributed by atoms with E-state index in [1.165, 1.54) is 0 Å². The van der Waals surface area contributed by atoms with Crippen LogP contribution in [-0.4, -0.2) is 11.7 Å². The van der Waals surface area contributed by atoms with E-state index in [1.54, 1.807) is 0 Å². The first-order chi connectivity index (χ1) is 5.66. The van der Waals surface area contributed by atoms with Gasteiger partial charge in [0, 0.05) is 18.3 Å². The zero-order chi connectivity index (χ0) is 9.14. The van der Waals surface area contributed by atoms with Crippen LogP contribution in [0.3, 0.4) is 0 Å². The first-order valence-corrected chi connectivity index (χ1v) is 4.48. The number of ketones is 1. The Hall–Kier alpha value is -0.860. The summed E-state index contributed by atoms with van der Waals surface area (Å²) in [6, 6.07) is 0. The van der Waals surface area contributed by atoms with Crippen molar-refractivity contribution in [2.45, 2.75) is 32.6 Å². The van der Waals surface area contributed by atoms with Crippen LogP contribution >= 0.6 is 0 Å². The van der Waals surface area contributed by atoms with Gasteiger partial charge in [-0.2, -0.15) is 0 Å². The van der Waals surface area contributed by atoms with E-state index in [9.17, 15) is 9.59 Å². The van der Waals surface area contributed by atoms with Gasteiger partial charge in [0.05, 0.1) is 0 Å².